The van der Waals surface area contributed by atoms with Crippen LogP contribution in [0.4, 0.5) is 50.9 Å². The summed E-state index contributed by atoms with van der Waals surface area (Å²) >= 11 is 7.04. The zero-order valence-corrected chi connectivity index (χ0v) is 23.1. The van der Waals surface area contributed by atoms with E-state index in [4.69, 9.17) is 0 Å². The number of aromatic nitrogens is 1. The SMILES string of the molecule is CCN(C(=O)c1cccnc1)c1cccc(C(=O)Nc2c(Br)cc(C(F)(C(F)(F)F)C(F)(F)Cl)cc2OC(F)F)c1F. The Morgan fingerprint density at radius 1 is 1.10 bits per heavy atom. The maximum Gasteiger partial charge on any atom is 0.434 e. The number of pyridine rings is 1. The standard InChI is InChI=1S/C25H16BrClF9N3O3/c1-2-39(21(41)12-5-4-8-37-11-12)16-7-3-6-14(18(16)28)20(40)38-19-15(26)9-13(10-17(19)42-22(29)30)23(31,24(27,32)33)25(34,35)36/h3-11,22H,2H2,1H3,(H,38,40). The number of benzene rings is 2. The van der Waals surface area contributed by atoms with Gasteiger partial charge in [-0.25, -0.2) is 8.78 Å². The van der Waals surface area contributed by atoms with Crippen molar-refractivity contribution in [2.75, 3.05) is 16.8 Å². The molecule has 0 fully saturated rings. The van der Waals surface area contributed by atoms with Crippen molar-refractivity contribution in [3.05, 3.63) is 81.8 Å². The number of carbonyl (C=O) groups excluding carboxylic acids is 2. The predicted molar refractivity (Wildman–Crippen MR) is 136 cm³/mol. The minimum Gasteiger partial charge on any atom is -0.433 e. The van der Waals surface area contributed by atoms with Gasteiger partial charge in [0.15, 0.2) is 11.6 Å². The number of nitrogens with zero attached hydrogens (tertiary/aromatic N) is 2. The van der Waals surface area contributed by atoms with Crippen LogP contribution in [0.3, 0.4) is 0 Å². The second-order valence-electron chi connectivity index (χ2n) is 8.25. The highest BCUT2D eigenvalue weighted by atomic mass is 79.9. The Morgan fingerprint density at radius 2 is 1.76 bits per heavy atom. The summed E-state index contributed by atoms with van der Waals surface area (Å²) in [7, 11) is 0. The summed E-state index contributed by atoms with van der Waals surface area (Å²) in [6.45, 7) is -2.37. The Kier molecular flexibility index (Phi) is 9.71. The van der Waals surface area contributed by atoms with Gasteiger partial charge in [-0.15, -0.1) is 0 Å². The molecule has 0 radical (unpaired) electrons. The highest BCUT2D eigenvalue weighted by Gasteiger charge is 2.72. The van der Waals surface area contributed by atoms with Crippen LogP contribution in [0.5, 0.6) is 5.75 Å². The van der Waals surface area contributed by atoms with Crippen LogP contribution in [0.15, 0.2) is 59.3 Å². The van der Waals surface area contributed by atoms with Crippen LogP contribution < -0.4 is 15.0 Å². The summed E-state index contributed by atoms with van der Waals surface area (Å²) in [5.74, 6) is -4.74. The average molecular weight is 693 g/mol. The molecule has 1 aromatic heterocycles. The van der Waals surface area contributed by atoms with Gasteiger partial charge < -0.3 is 15.0 Å². The van der Waals surface area contributed by atoms with Crippen LogP contribution in [-0.4, -0.2) is 41.5 Å². The Balaban J connectivity index is 2.07. The van der Waals surface area contributed by atoms with Gasteiger partial charge in [0.2, 0.25) is 0 Å². The van der Waals surface area contributed by atoms with Crippen LogP contribution in [0, 0.1) is 5.82 Å². The third-order valence-corrected chi connectivity index (χ3v) is 6.56. The van der Waals surface area contributed by atoms with Crippen molar-refractivity contribution in [3.63, 3.8) is 0 Å². The number of hydrogen-bond acceptors (Lipinski definition) is 4. The number of nitrogens with one attached hydrogen (secondary N) is 1. The zero-order chi connectivity index (χ0) is 31.6. The molecule has 0 aliphatic rings. The molecule has 0 aliphatic heterocycles. The van der Waals surface area contributed by atoms with Crippen molar-refractivity contribution in [3.8, 4) is 5.75 Å². The van der Waals surface area contributed by atoms with Gasteiger partial charge in [0.25, 0.3) is 11.8 Å². The number of ether oxygens (including phenoxy) is 1. The fourth-order valence-electron chi connectivity index (χ4n) is 3.73. The normalized spacial score (nSPS) is 13.5. The maximum atomic E-state index is 15.5. The third-order valence-electron chi connectivity index (χ3n) is 5.67. The smallest absolute Gasteiger partial charge is 0.433 e. The van der Waals surface area contributed by atoms with Crippen molar-refractivity contribution < 1.29 is 53.8 Å². The first kappa shape index (κ1) is 33.0. The van der Waals surface area contributed by atoms with Crippen LogP contribution in [0.1, 0.15) is 33.2 Å². The minimum atomic E-state index is -6.34. The number of anilines is 2. The first-order valence-corrected chi connectivity index (χ1v) is 12.5. The van der Waals surface area contributed by atoms with Gasteiger partial charge in [0.05, 0.1) is 22.5 Å². The van der Waals surface area contributed by atoms with Gasteiger partial charge in [-0.05, 0) is 70.9 Å². The van der Waals surface area contributed by atoms with E-state index in [1.807, 2.05) is 5.32 Å². The Morgan fingerprint density at radius 3 is 2.29 bits per heavy atom. The summed E-state index contributed by atoms with van der Waals surface area (Å²) in [5.41, 5.74) is -9.50. The fourth-order valence-corrected chi connectivity index (χ4v) is 4.49. The molecule has 2 amide bonds. The van der Waals surface area contributed by atoms with E-state index in [1.165, 1.54) is 37.5 Å². The number of rotatable bonds is 9. The topological polar surface area (TPSA) is 71.5 Å². The molecule has 1 N–H and O–H groups in total. The van der Waals surface area contributed by atoms with Gasteiger partial charge in [-0.3, -0.25) is 14.6 Å². The molecule has 1 heterocycles. The molecule has 17 heteroatoms. The maximum absolute atomic E-state index is 15.5. The van der Waals surface area contributed by atoms with Gasteiger partial charge in [-0.1, -0.05) is 6.07 Å². The molecule has 226 valence electrons. The lowest BCUT2D eigenvalue weighted by molar-refractivity contribution is -0.286. The first-order chi connectivity index (χ1) is 19.4. The highest BCUT2D eigenvalue weighted by molar-refractivity contribution is 9.10. The van der Waals surface area contributed by atoms with Crippen molar-refractivity contribution in [2.45, 2.75) is 30.8 Å². The van der Waals surface area contributed by atoms with E-state index in [2.05, 4.69) is 37.3 Å². The van der Waals surface area contributed by atoms with E-state index in [0.29, 0.717) is 0 Å². The van der Waals surface area contributed by atoms with Crippen molar-refractivity contribution in [1.29, 1.82) is 0 Å². The van der Waals surface area contributed by atoms with Crippen LogP contribution >= 0.6 is 27.5 Å². The lowest BCUT2D eigenvalue weighted by Gasteiger charge is -2.32. The molecule has 3 aromatic rings. The lowest BCUT2D eigenvalue weighted by atomic mass is 9.94. The second-order valence-corrected chi connectivity index (χ2v) is 9.58. The zero-order valence-electron chi connectivity index (χ0n) is 20.8. The predicted octanol–water partition coefficient (Wildman–Crippen LogP) is 8.06. The van der Waals surface area contributed by atoms with E-state index >= 15 is 4.39 Å². The van der Waals surface area contributed by atoms with Crippen molar-refractivity contribution in [2.24, 2.45) is 0 Å². The monoisotopic (exact) mass is 691 g/mol. The van der Waals surface area contributed by atoms with Gasteiger partial charge in [0, 0.05) is 29.0 Å². The van der Waals surface area contributed by atoms with Gasteiger partial charge >= 0.3 is 23.8 Å². The average Bonchev–Trinajstić information content (AvgIpc) is 2.90. The van der Waals surface area contributed by atoms with Crippen LogP contribution in [-0.2, 0) is 5.67 Å². The van der Waals surface area contributed by atoms with Gasteiger partial charge in [-0.2, -0.15) is 30.7 Å². The molecule has 0 saturated carbocycles. The largest absolute Gasteiger partial charge is 0.434 e. The summed E-state index contributed by atoms with van der Waals surface area (Å²) < 4.78 is 127. The summed E-state index contributed by atoms with van der Waals surface area (Å²) in [6.07, 6.45) is -3.73. The van der Waals surface area contributed by atoms with Crippen LogP contribution in [0.25, 0.3) is 0 Å². The van der Waals surface area contributed by atoms with Crippen molar-refractivity contribution in [1.82, 2.24) is 4.98 Å². The molecule has 1 atom stereocenters. The molecule has 3 rings (SSSR count). The summed E-state index contributed by atoms with van der Waals surface area (Å²) in [4.78, 5) is 30.7. The second kappa shape index (κ2) is 12.4. The number of carbonyl (C=O) groups is 2. The summed E-state index contributed by atoms with van der Waals surface area (Å²) in [6, 6.07) is 6.07. The molecule has 0 bridgehead atoms. The number of hydrogen-bond donors (Lipinski definition) is 1. The molecule has 1 unspecified atom stereocenters. The number of halogens is 11. The van der Waals surface area contributed by atoms with Crippen molar-refractivity contribution >= 4 is 50.7 Å². The molecule has 2 aromatic carbocycles. The van der Waals surface area contributed by atoms with E-state index in [-0.39, 0.29) is 29.9 Å². The molecular weight excluding hydrogens is 677 g/mol. The Bertz CT molecular complexity index is 1460. The highest BCUT2D eigenvalue weighted by Crippen LogP contribution is 2.56. The van der Waals surface area contributed by atoms with E-state index in [0.717, 1.165) is 17.0 Å². The Hall–Kier alpha value is -3.53. The van der Waals surface area contributed by atoms with E-state index in [9.17, 15) is 44.7 Å². The lowest BCUT2D eigenvalue weighted by Crippen LogP contribution is -2.49. The molecule has 6 nitrogen and oxygen atoms in total. The molecule has 0 spiro atoms. The Labute approximate surface area is 244 Å². The summed E-state index contributed by atoms with van der Waals surface area (Å²) in [5, 5.41) is -3.69. The van der Waals surface area contributed by atoms with E-state index < -0.39 is 68.5 Å². The van der Waals surface area contributed by atoms with Gasteiger partial charge in [0.1, 0.15) is 0 Å². The quantitative estimate of drug-likeness (QED) is 0.182. The molecule has 0 aliphatic carbocycles. The minimum absolute atomic E-state index is 0.0789. The molecule has 0 saturated heterocycles. The van der Waals surface area contributed by atoms with Crippen LogP contribution in [0.2, 0.25) is 0 Å². The number of amides is 2. The van der Waals surface area contributed by atoms with E-state index in [1.54, 1.807) is 0 Å². The first-order valence-electron chi connectivity index (χ1n) is 11.4. The molecular formula is C25H16BrClF9N3O3. The fraction of sp³-hybridized carbons (Fsp3) is 0.240. The third kappa shape index (κ3) is 6.43. The molecule has 42 heavy (non-hydrogen) atoms. The number of alkyl halides is 9.